The molecule has 4 rings (SSSR count). The van der Waals surface area contributed by atoms with Crippen molar-refractivity contribution in [2.45, 2.75) is 40.5 Å². The van der Waals surface area contributed by atoms with Gasteiger partial charge in [0, 0.05) is 29.4 Å². The third-order valence-electron chi connectivity index (χ3n) is 6.86. The van der Waals surface area contributed by atoms with Gasteiger partial charge in [0.1, 0.15) is 4.88 Å². The first-order valence-electron chi connectivity index (χ1n) is 10.0. The molecule has 0 unspecified atom stereocenters. The molecule has 2 aliphatic rings. The summed E-state index contributed by atoms with van der Waals surface area (Å²) in [4.78, 5) is 27.9. The fraction of sp³-hybridized carbons (Fsp3) is 0.476. The first-order valence-corrected chi connectivity index (χ1v) is 10.8. The SMILES string of the molecule is Cc1nc(N/N=C2\C[C@@H]3C[C@@H]2[C@H](C)C3(C)C)sc1C(=O)Nc1cccc([N+](=O)[O-])c1. The zero-order valence-electron chi connectivity index (χ0n) is 17.4. The van der Waals surface area contributed by atoms with Gasteiger partial charge in [-0.05, 0) is 43.1 Å². The van der Waals surface area contributed by atoms with E-state index in [1.165, 1.54) is 41.7 Å². The molecule has 9 heteroatoms. The van der Waals surface area contributed by atoms with Gasteiger partial charge in [0.25, 0.3) is 11.6 Å². The number of hydrogen-bond donors (Lipinski definition) is 2. The third-order valence-corrected chi connectivity index (χ3v) is 7.92. The van der Waals surface area contributed by atoms with E-state index in [1.54, 1.807) is 13.0 Å². The van der Waals surface area contributed by atoms with E-state index in [1.807, 2.05) is 0 Å². The summed E-state index contributed by atoms with van der Waals surface area (Å²) in [6, 6.07) is 5.86. The van der Waals surface area contributed by atoms with E-state index in [4.69, 9.17) is 0 Å². The molecule has 1 heterocycles. The molecule has 0 saturated heterocycles. The van der Waals surface area contributed by atoms with E-state index >= 15 is 0 Å². The van der Waals surface area contributed by atoms with E-state index in [9.17, 15) is 14.9 Å². The minimum absolute atomic E-state index is 0.0738. The number of hydrazone groups is 1. The van der Waals surface area contributed by atoms with Gasteiger partial charge >= 0.3 is 0 Å². The molecule has 0 aliphatic heterocycles. The van der Waals surface area contributed by atoms with Crippen LogP contribution >= 0.6 is 11.3 Å². The number of nitro groups is 1. The highest BCUT2D eigenvalue weighted by Crippen LogP contribution is 2.57. The lowest BCUT2D eigenvalue weighted by atomic mass is 9.69. The van der Waals surface area contributed by atoms with Crippen molar-refractivity contribution >= 4 is 39.5 Å². The molecular weight excluding hydrogens is 402 g/mol. The Bertz CT molecular complexity index is 1040. The number of nitro benzene ring substituents is 1. The van der Waals surface area contributed by atoms with E-state index < -0.39 is 4.92 Å². The summed E-state index contributed by atoms with van der Waals surface area (Å²) in [5.74, 6) is 1.44. The highest BCUT2D eigenvalue weighted by Gasteiger charge is 2.53. The number of aryl methyl sites for hydroxylation is 1. The number of carbonyl (C=O) groups is 1. The normalized spacial score (nSPS) is 25.5. The van der Waals surface area contributed by atoms with Crippen molar-refractivity contribution in [2.24, 2.45) is 28.3 Å². The predicted octanol–water partition coefficient (Wildman–Crippen LogP) is 5.08. The van der Waals surface area contributed by atoms with Crippen molar-refractivity contribution in [1.29, 1.82) is 0 Å². The van der Waals surface area contributed by atoms with Gasteiger partial charge in [-0.25, -0.2) is 4.98 Å². The van der Waals surface area contributed by atoms with Crippen LogP contribution in [0.3, 0.4) is 0 Å². The number of hydrogen-bond acceptors (Lipinski definition) is 7. The molecule has 2 fully saturated rings. The van der Waals surface area contributed by atoms with Crippen LogP contribution in [0.25, 0.3) is 0 Å². The number of anilines is 2. The zero-order valence-corrected chi connectivity index (χ0v) is 18.2. The highest BCUT2D eigenvalue weighted by atomic mass is 32.1. The van der Waals surface area contributed by atoms with Gasteiger partial charge in [0.2, 0.25) is 5.13 Å². The number of aromatic nitrogens is 1. The van der Waals surface area contributed by atoms with Crippen molar-refractivity contribution in [3.63, 3.8) is 0 Å². The summed E-state index contributed by atoms with van der Waals surface area (Å²) in [7, 11) is 0. The number of thiazole rings is 1. The van der Waals surface area contributed by atoms with Gasteiger partial charge in [-0.2, -0.15) is 5.10 Å². The molecule has 2 aliphatic carbocycles. The van der Waals surface area contributed by atoms with Crippen molar-refractivity contribution < 1.29 is 9.72 Å². The first-order chi connectivity index (χ1) is 14.2. The maximum absolute atomic E-state index is 12.6. The second-order valence-electron chi connectivity index (χ2n) is 8.76. The van der Waals surface area contributed by atoms with Crippen LogP contribution in [-0.2, 0) is 0 Å². The smallest absolute Gasteiger partial charge is 0.271 e. The molecule has 2 bridgehead atoms. The average molecular weight is 428 g/mol. The topological polar surface area (TPSA) is 110 Å². The Morgan fingerprint density at radius 2 is 2.17 bits per heavy atom. The minimum Gasteiger partial charge on any atom is -0.321 e. The Hall–Kier alpha value is -2.81. The Labute approximate surface area is 178 Å². The van der Waals surface area contributed by atoms with Gasteiger partial charge in [-0.1, -0.05) is 38.2 Å². The van der Waals surface area contributed by atoms with Crippen LogP contribution in [-0.4, -0.2) is 21.5 Å². The largest absolute Gasteiger partial charge is 0.321 e. The predicted molar refractivity (Wildman–Crippen MR) is 118 cm³/mol. The van der Waals surface area contributed by atoms with Crippen LogP contribution in [0.15, 0.2) is 29.4 Å². The van der Waals surface area contributed by atoms with Crippen LogP contribution in [0.4, 0.5) is 16.5 Å². The van der Waals surface area contributed by atoms with Gasteiger partial charge in [0.05, 0.1) is 10.6 Å². The molecule has 0 radical (unpaired) electrons. The minimum atomic E-state index is -0.494. The number of carbonyl (C=O) groups excluding carboxylic acids is 1. The molecule has 158 valence electrons. The van der Waals surface area contributed by atoms with Crippen molar-refractivity contribution in [2.75, 3.05) is 10.7 Å². The Kier molecular flexibility index (Phi) is 5.09. The van der Waals surface area contributed by atoms with Crippen LogP contribution < -0.4 is 10.7 Å². The van der Waals surface area contributed by atoms with Crippen LogP contribution in [0.5, 0.6) is 0 Å². The van der Waals surface area contributed by atoms with Gasteiger partial charge in [-0.3, -0.25) is 20.3 Å². The molecule has 30 heavy (non-hydrogen) atoms. The lowest BCUT2D eigenvalue weighted by Gasteiger charge is -2.36. The van der Waals surface area contributed by atoms with E-state index in [0.29, 0.717) is 44.6 Å². The zero-order chi connectivity index (χ0) is 21.6. The summed E-state index contributed by atoms with van der Waals surface area (Å²) < 4.78 is 0. The maximum atomic E-state index is 12.6. The number of benzene rings is 1. The summed E-state index contributed by atoms with van der Waals surface area (Å²) in [5.41, 5.74) is 5.49. The van der Waals surface area contributed by atoms with E-state index in [2.05, 4.69) is 41.6 Å². The molecule has 3 atom stereocenters. The average Bonchev–Trinajstić information content (AvgIpc) is 3.34. The monoisotopic (exact) mass is 427 g/mol. The number of amides is 1. The molecule has 1 aromatic carbocycles. The Balaban J connectivity index is 1.44. The fourth-order valence-corrected chi connectivity index (χ4v) is 5.47. The van der Waals surface area contributed by atoms with E-state index in [-0.39, 0.29) is 11.6 Å². The second kappa shape index (κ2) is 7.46. The third kappa shape index (κ3) is 3.58. The van der Waals surface area contributed by atoms with Gasteiger partial charge < -0.3 is 5.32 Å². The molecule has 2 saturated carbocycles. The summed E-state index contributed by atoms with van der Waals surface area (Å²) >= 11 is 1.23. The van der Waals surface area contributed by atoms with Gasteiger partial charge in [0.15, 0.2) is 0 Å². The molecular formula is C21H25N5O3S. The Morgan fingerprint density at radius 3 is 2.83 bits per heavy atom. The first kappa shape index (κ1) is 20.5. The molecule has 1 aromatic heterocycles. The lowest BCUT2D eigenvalue weighted by molar-refractivity contribution is -0.384. The van der Waals surface area contributed by atoms with E-state index in [0.717, 1.165) is 6.42 Å². The van der Waals surface area contributed by atoms with Crippen LogP contribution in [0, 0.1) is 40.2 Å². The molecule has 2 aromatic rings. The number of rotatable bonds is 5. The highest BCUT2D eigenvalue weighted by molar-refractivity contribution is 7.17. The van der Waals surface area contributed by atoms with Crippen molar-refractivity contribution in [3.8, 4) is 0 Å². The van der Waals surface area contributed by atoms with Crippen LogP contribution in [0.1, 0.15) is 49.0 Å². The number of nitrogens with one attached hydrogen (secondary N) is 2. The molecule has 1 amide bonds. The Morgan fingerprint density at radius 1 is 1.40 bits per heavy atom. The maximum Gasteiger partial charge on any atom is 0.271 e. The summed E-state index contributed by atoms with van der Waals surface area (Å²) in [5, 5.41) is 18.8. The lowest BCUT2D eigenvalue weighted by Crippen LogP contribution is -2.33. The molecule has 2 N–H and O–H groups in total. The fourth-order valence-electron chi connectivity index (χ4n) is 4.67. The standard InChI is InChI=1S/C21H25N5O3S/c1-11-16-8-13(21(11,3)4)9-17(16)24-25-20-22-12(2)18(30-20)19(27)23-14-6-5-7-15(10-14)26(28)29/h5-7,10-11,13,16H,8-9H2,1-4H3,(H,22,25)(H,23,27)/b24-17+/t11-,13-,16+/m0/s1. The summed E-state index contributed by atoms with van der Waals surface area (Å²) in [6.45, 7) is 8.77. The molecule has 0 spiro atoms. The van der Waals surface area contributed by atoms with Crippen molar-refractivity contribution in [1.82, 2.24) is 4.98 Å². The number of nitrogens with zero attached hydrogens (tertiary/aromatic N) is 3. The van der Waals surface area contributed by atoms with Gasteiger partial charge in [-0.15, -0.1) is 0 Å². The van der Waals surface area contributed by atoms with Crippen LogP contribution in [0.2, 0.25) is 0 Å². The number of non-ortho nitro benzene ring substituents is 1. The quantitative estimate of drug-likeness (QED) is 0.511. The van der Waals surface area contributed by atoms with Crippen molar-refractivity contribution in [3.05, 3.63) is 45.0 Å². The number of fused-ring (bicyclic) bond motifs is 2. The summed E-state index contributed by atoms with van der Waals surface area (Å²) in [6.07, 6.45) is 2.21. The second-order valence-corrected chi connectivity index (χ2v) is 9.76. The molecule has 8 nitrogen and oxygen atoms in total.